The van der Waals surface area contributed by atoms with Crippen molar-refractivity contribution in [1.82, 2.24) is 4.98 Å². The summed E-state index contributed by atoms with van der Waals surface area (Å²) in [4.78, 5) is 18.0. The minimum atomic E-state index is -0.185. The molecule has 1 aromatic heterocycles. The number of piperidine rings is 1. The largest absolute Gasteiger partial charge is 0.369 e. The number of halogens is 1. The summed E-state index contributed by atoms with van der Waals surface area (Å²) in [7, 11) is 0. The molecular formula is C13H14ClN3OS. The molecule has 1 aliphatic heterocycles. The molecule has 0 spiro atoms. The number of benzene rings is 1. The Morgan fingerprint density at radius 1 is 1.42 bits per heavy atom. The van der Waals surface area contributed by atoms with Crippen molar-refractivity contribution in [3.63, 3.8) is 0 Å². The molecule has 0 radical (unpaired) electrons. The molecule has 1 saturated heterocycles. The lowest BCUT2D eigenvalue weighted by atomic mass is 9.97. The number of hydrogen-bond acceptors (Lipinski definition) is 4. The molecule has 1 fully saturated rings. The Labute approximate surface area is 120 Å². The summed E-state index contributed by atoms with van der Waals surface area (Å²) in [6, 6.07) is 5.76. The van der Waals surface area contributed by atoms with Crippen LogP contribution in [-0.4, -0.2) is 24.0 Å². The van der Waals surface area contributed by atoms with Gasteiger partial charge in [-0.15, -0.1) is 0 Å². The molecule has 4 nitrogen and oxygen atoms in total. The van der Waals surface area contributed by atoms with E-state index in [0.29, 0.717) is 5.02 Å². The summed E-state index contributed by atoms with van der Waals surface area (Å²) in [6.45, 7) is 1.67. The van der Waals surface area contributed by atoms with Crippen LogP contribution in [0.4, 0.5) is 5.13 Å². The average molecular weight is 296 g/mol. The third-order valence-electron chi connectivity index (χ3n) is 3.51. The van der Waals surface area contributed by atoms with E-state index in [1.54, 1.807) is 11.3 Å². The second kappa shape index (κ2) is 4.98. The molecular weight excluding hydrogens is 282 g/mol. The average Bonchev–Trinajstić information content (AvgIpc) is 2.81. The molecule has 19 heavy (non-hydrogen) atoms. The van der Waals surface area contributed by atoms with E-state index in [4.69, 9.17) is 17.3 Å². The molecule has 3 rings (SSSR count). The number of anilines is 1. The SMILES string of the molecule is NC(=O)C1CCN(c2nc3cc(Cl)ccc3s2)CC1. The first-order chi connectivity index (χ1) is 9.13. The van der Waals surface area contributed by atoms with Gasteiger partial charge in [0.05, 0.1) is 10.2 Å². The second-order valence-corrected chi connectivity index (χ2v) is 6.22. The first-order valence-corrected chi connectivity index (χ1v) is 7.43. The highest BCUT2D eigenvalue weighted by molar-refractivity contribution is 7.22. The zero-order chi connectivity index (χ0) is 13.4. The van der Waals surface area contributed by atoms with E-state index >= 15 is 0 Å². The topological polar surface area (TPSA) is 59.2 Å². The molecule has 1 aromatic carbocycles. The van der Waals surface area contributed by atoms with Crippen molar-refractivity contribution < 1.29 is 4.79 Å². The summed E-state index contributed by atoms with van der Waals surface area (Å²) in [6.07, 6.45) is 1.62. The normalized spacial score (nSPS) is 17.0. The zero-order valence-electron chi connectivity index (χ0n) is 10.3. The fraction of sp³-hybridized carbons (Fsp3) is 0.385. The van der Waals surface area contributed by atoms with Crippen LogP contribution >= 0.6 is 22.9 Å². The predicted molar refractivity (Wildman–Crippen MR) is 78.8 cm³/mol. The number of rotatable bonds is 2. The summed E-state index contributed by atoms with van der Waals surface area (Å²) in [5.74, 6) is -0.171. The zero-order valence-corrected chi connectivity index (χ0v) is 11.9. The van der Waals surface area contributed by atoms with Crippen molar-refractivity contribution >= 4 is 44.2 Å². The number of carbonyl (C=O) groups is 1. The van der Waals surface area contributed by atoms with Crippen LogP contribution in [0.1, 0.15) is 12.8 Å². The van der Waals surface area contributed by atoms with E-state index in [0.717, 1.165) is 41.3 Å². The molecule has 6 heteroatoms. The Morgan fingerprint density at radius 2 is 2.16 bits per heavy atom. The van der Waals surface area contributed by atoms with Crippen molar-refractivity contribution in [1.29, 1.82) is 0 Å². The number of hydrogen-bond donors (Lipinski definition) is 1. The Kier molecular flexibility index (Phi) is 3.33. The van der Waals surface area contributed by atoms with Gasteiger partial charge < -0.3 is 10.6 Å². The summed E-state index contributed by atoms with van der Waals surface area (Å²) < 4.78 is 1.14. The molecule has 0 aliphatic carbocycles. The molecule has 0 unspecified atom stereocenters. The van der Waals surface area contributed by atoms with Crippen LogP contribution < -0.4 is 10.6 Å². The van der Waals surface area contributed by atoms with Crippen LogP contribution in [0.25, 0.3) is 10.2 Å². The number of aromatic nitrogens is 1. The van der Waals surface area contributed by atoms with Crippen molar-refractivity contribution in [3.8, 4) is 0 Å². The first kappa shape index (κ1) is 12.7. The van der Waals surface area contributed by atoms with E-state index in [1.807, 2.05) is 18.2 Å². The molecule has 2 heterocycles. The fourth-order valence-electron chi connectivity index (χ4n) is 2.38. The number of nitrogens with two attached hydrogens (primary N) is 1. The van der Waals surface area contributed by atoms with E-state index in [9.17, 15) is 4.79 Å². The summed E-state index contributed by atoms with van der Waals surface area (Å²) >= 11 is 7.63. The fourth-order valence-corrected chi connectivity index (χ4v) is 3.54. The highest BCUT2D eigenvalue weighted by atomic mass is 35.5. The van der Waals surface area contributed by atoms with Gasteiger partial charge in [0.2, 0.25) is 5.91 Å². The van der Waals surface area contributed by atoms with Gasteiger partial charge in [-0.05, 0) is 31.0 Å². The minimum Gasteiger partial charge on any atom is -0.369 e. The number of thiazole rings is 1. The quantitative estimate of drug-likeness (QED) is 0.926. The van der Waals surface area contributed by atoms with Crippen LogP contribution in [0.15, 0.2) is 18.2 Å². The number of carbonyl (C=O) groups excluding carboxylic acids is 1. The third kappa shape index (κ3) is 2.53. The molecule has 1 aliphatic rings. The van der Waals surface area contributed by atoms with Crippen LogP contribution in [0.5, 0.6) is 0 Å². The van der Waals surface area contributed by atoms with Gasteiger partial charge >= 0.3 is 0 Å². The van der Waals surface area contributed by atoms with Gasteiger partial charge in [0.15, 0.2) is 5.13 Å². The maximum absolute atomic E-state index is 11.2. The molecule has 0 atom stereocenters. The highest BCUT2D eigenvalue weighted by Crippen LogP contribution is 2.32. The van der Waals surface area contributed by atoms with E-state index in [-0.39, 0.29) is 11.8 Å². The van der Waals surface area contributed by atoms with Crippen molar-refractivity contribution in [3.05, 3.63) is 23.2 Å². The maximum Gasteiger partial charge on any atom is 0.220 e. The highest BCUT2D eigenvalue weighted by Gasteiger charge is 2.24. The Hall–Kier alpha value is -1.33. The standard InChI is InChI=1S/C13H14ClN3OS/c14-9-1-2-11-10(7-9)16-13(19-11)17-5-3-8(4-6-17)12(15)18/h1-2,7-8H,3-6H2,(H2,15,18). The number of fused-ring (bicyclic) bond motifs is 1. The van der Waals surface area contributed by atoms with E-state index < -0.39 is 0 Å². The number of primary amides is 1. The van der Waals surface area contributed by atoms with Gasteiger partial charge in [-0.2, -0.15) is 0 Å². The molecule has 1 amide bonds. The van der Waals surface area contributed by atoms with Gasteiger partial charge in [0, 0.05) is 24.0 Å². The lowest BCUT2D eigenvalue weighted by Crippen LogP contribution is -2.38. The van der Waals surface area contributed by atoms with Crippen LogP contribution in [0.2, 0.25) is 5.02 Å². The second-order valence-electron chi connectivity index (χ2n) is 4.77. The lowest BCUT2D eigenvalue weighted by Gasteiger charge is -2.30. The Balaban J connectivity index is 1.80. The molecule has 0 bridgehead atoms. The minimum absolute atomic E-state index is 0.0140. The number of amides is 1. The van der Waals surface area contributed by atoms with Gasteiger partial charge in [0.25, 0.3) is 0 Å². The molecule has 2 N–H and O–H groups in total. The maximum atomic E-state index is 11.2. The Bertz CT molecular complexity index is 619. The van der Waals surface area contributed by atoms with Crippen LogP contribution in [-0.2, 0) is 4.79 Å². The molecule has 2 aromatic rings. The van der Waals surface area contributed by atoms with E-state index in [2.05, 4.69) is 9.88 Å². The van der Waals surface area contributed by atoms with Crippen molar-refractivity contribution in [2.24, 2.45) is 11.7 Å². The summed E-state index contributed by atoms with van der Waals surface area (Å²) in [5, 5.41) is 1.71. The van der Waals surface area contributed by atoms with Gasteiger partial charge in [-0.1, -0.05) is 22.9 Å². The monoisotopic (exact) mass is 295 g/mol. The van der Waals surface area contributed by atoms with Crippen molar-refractivity contribution in [2.45, 2.75) is 12.8 Å². The van der Waals surface area contributed by atoms with Crippen molar-refractivity contribution in [2.75, 3.05) is 18.0 Å². The van der Waals surface area contributed by atoms with Crippen LogP contribution in [0.3, 0.4) is 0 Å². The molecule has 0 saturated carbocycles. The lowest BCUT2D eigenvalue weighted by molar-refractivity contribution is -0.122. The summed E-state index contributed by atoms with van der Waals surface area (Å²) in [5.41, 5.74) is 6.28. The predicted octanol–water partition coefficient (Wildman–Crippen LogP) is 2.65. The van der Waals surface area contributed by atoms with Gasteiger partial charge in [-0.25, -0.2) is 4.98 Å². The smallest absolute Gasteiger partial charge is 0.220 e. The molecule has 100 valence electrons. The number of nitrogens with zero attached hydrogens (tertiary/aromatic N) is 2. The van der Waals surface area contributed by atoms with Gasteiger partial charge in [-0.3, -0.25) is 4.79 Å². The van der Waals surface area contributed by atoms with Gasteiger partial charge in [0.1, 0.15) is 0 Å². The first-order valence-electron chi connectivity index (χ1n) is 6.24. The Morgan fingerprint density at radius 3 is 2.84 bits per heavy atom. The third-order valence-corrected chi connectivity index (χ3v) is 4.84. The van der Waals surface area contributed by atoms with Crippen LogP contribution in [0, 0.1) is 5.92 Å². The van der Waals surface area contributed by atoms with E-state index in [1.165, 1.54) is 0 Å².